The highest BCUT2D eigenvalue weighted by molar-refractivity contribution is 6.35. The number of H-pyrrole nitrogens is 1. The number of nitrogens with one attached hydrogen (secondary N) is 2. The van der Waals surface area contributed by atoms with Crippen molar-refractivity contribution in [2.24, 2.45) is 0 Å². The molecule has 1 heterocycles. The van der Waals surface area contributed by atoms with Crippen molar-refractivity contribution in [3.8, 4) is 11.5 Å². The van der Waals surface area contributed by atoms with Crippen LogP contribution in [-0.2, 0) is 6.54 Å². The van der Waals surface area contributed by atoms with E-state index >= 15 is 0 Å². The van der Waals surface area contributed by atoms with Crippen LogP contribution >= 0.6 is 11.6 Å². The number of phenolic OH excluding ortho intramolecular Hbond substituents is 1. The van der Waals surface area contributed by atoms with Crippen molar-refractivity contribution in [3.63, 3.8) is 0 Å². The molecular weight excluding hydrogens is 582 g/mol. The summed E-state index contributed by atoms with van der Waals surface area (Å²) in [6, 6.07) is 20.8. The van der Waals surface area contributed by atoms with Crippen LogP contribution in [0.15, 0.2) is 77.6 Å². The number of ether oxygens (including phenoxy) is 1. The van der Waals surface area contributed by atoms with Crippen molar-refractivity contribution < 1.29 is 24.9 Å². The molecule has 0 aliphatic heterocycles. The molecule has 0 aliphatic rings. The minimum Gasteiger partial charge on any atom is -0.506 e. The molecule has 9 nitrogen and oxygen atoms in total. The summed E-state index contributed by atoms with van der Waals surface area (Å²) < 4.78 is 5.91. The molecule has 0 saturated carbocycles. The quantitative estimate of drug-likeness (QED) is 0.0801. The van der Waals surface area contributed by atoms with E-state index in [9.17, 15) is 24.9 Å². The van der Waals surface area contributed by atoms with E-state index in [1.807, 2.05) is 30.3 Å². The first-order valence-corrected chi connectivity index (χ1v) is 15.4. The van der Waals surface area contributed by atoms with Gasteiger partial charge in [0.15, 0.2) is 0 Å². The summed E-state index contributed by atoms with van der Waals surface area (Å²) in [5, 5.41) is 34.7. The first-order chi connectivity index (χ1) is 21.3. The molecule has 10 heteroatoms. The van der Waals surface area contributed by atoms with Gasteiger partial charge in [0.05, 0.1) is 30.5 Å². The molecule has 1 atom stereocenters. The number of halogens is 1. The fourth-order valence-corrected chi connectivity index (χ4v) is 5.44. The Labute approximate surface area is 262 Å². The van der Waals surface area contributed by atoms with Crippen LogP contribution in [0.5, 0.6) is 11.5 Å². The number of anilines is 1. The number of aromatic nitrogens is 1. The second-order valence-electron chi connectivity index (χ2n) is 10.8. The lowest BCUT2D eigenvalue weighted by Gasteiger charge is -2.22. The number of rotatable bonds is 17. The van der Waals surface area contributed by atoms with Crippen molar-refractivity contribution >= 4 is 34.3 Å². The van der Waals surface area contributed by atoms with Gasteiger partial charge in [0, 0.05) is 18.0 Å². The lowest BCUT2D eigenvalue weighted by Crippen LogP contribution is -2.28. The number of hydrogen-bond donors (Lipinski definition) is 5. The van der Waals surface area contributed by atoms with Gasteiger partial charge in [0.1, 0.15) is 16.5 Å². The van der Waals surface area contributed by atoms with Gasteiger partial charge in [-0.2, -0.15) is 0 Å². The van der Waals surface area contributed by atoms with Crippen LogP contribution in [0, 0.1) is 0 Å². The van der Waals surface area contributed by atoms with Crippen LogP contribution in [0.25, 0.3) is 10.9 Å². The van der Waals surface area contributed by atoms with Gasteiger partial charge in [-0.1, -0.05) is 86.2 Å². The molecule has 0 aliphatic carbocycles. The number of hydrogen-bond acceptors (Lipinski definition) is 6. The number of nitrogens with zero attached hydrogens (tertiary/aromatic N) is 1. The Bertz CT molecular complexity index is 1560. The number of phenols is 1. The minimum absolute atomic E-state index is 0.0208. The van der Waals surface area contributed by atoms with Gasteiger partial charge in [-0.25, -0.2) is 4.79 Å². The van der Waals surface area contributed by atoms with Crippen LogP contribution in [0.1, 0.15) is 62.2 Å². The normalized spacial score (nSPS) is 11.9. The first-order valence-electron chi connectivity index (χ1n) is 15.0. The number of amides is 1. The van der Waals surface area contributed by atoms with Gasteiger partial charge in [0.2, 0.25) is 5.56 Å². The fraction of sp³-hybridized carbons (Fsp3) is 0.353. The van der Waals surface area contributed by atoms with E-state index in [-0.39, 0.29) is 17.9 Å². The molecule has 44 heavy (non-hydrogen) atoms. The number of unbranched alkanes of at least 4 members (excludes halogenated alkanes) is 6. The molecular formula is C34H40ClN3O6. The topological polar surface area (TPSA) is 135 Å². The summed E-state index contributed by atoms with van der Waals surface area (Å²) in [4.78, 5) is 27.4. The van der Waals surface area contributed by atoms with Crippen LogP contribution in [0.2, 0.25) is 5.02 Å². The third kappa shape index (κ3) is 9.22. The van der Waals surface area contributed by atoms with E-state index in [1.54, 1.807) is 30.3 Å². The number of pyridine rings is 1. The summed E-state index contributed by atoms with van der Waals surface area (Å²) in [5.74, 6) is 0.460. The van der Waals surface area contributed by atoms with E-state index in [0.29, 0.717) is 46.1 Å². The number of aromatic amines is 1. The molecule has 0 spiro atoms. The van der Waals surface area contributed by atoms with Crippen molar-refractivity contribution in [2.45, 2.75) is 57.6 Å². The highest BCUT2D eigenvalue weighted by atomic mass is 35.5. The Hall–Kier alpha value is -4.05. The summed E-state index contributed by atoms with van der Waals surface area (Å²) in [5.41, 5.74) is 1.96. The monoisotopic (exact) mass is 621 g/mol. The Balaban J connectivity index is 1.08. The molecule has 1 aromatic heterocycles. The predicted molar refractivity (Wildman–Crippen MR) is 174 cm³/mol. The minimum atomic E-state index is -1.08. The SMILES string of the molecule is O=C(O)N(Cc1ccccc1)c1cccc(OCCCCCCCCCNC[C@@H](O)c2ccc(O)c3[nH]c(=O)ccc23)c1Cl. The Kier molecular flexibility index (Phi) is 12.5. The maximum Gasteiger partial charge on any atom is 0.412 e. The van der Waals surface area contributed by atoms with Crippen LogP contribution in [-0.4, -0.2) is 46.1 Å². The summed E-state index contributed by atoms with van der Waals surface area (Å²) in [6.45, 7) is 1.88. The largest absolute Gasteiger partial charge is 0.506 e. The predicted octanol–water partition coefficient (Wildman–Crippen LogP) is 7.00. The van der Waals surface area contributed by atoms with E-state index in [2.05, 4.69) is 10.3 Å². The van der Waals surface area contributed by atoms with Crippen molar-refractivity contribution in [3.05, 3.63) is 99.3 Å². The second-order valence-corrected chi connectivity index (χ2v) is 11.1. The second kappa shape index (κ2) is 16.7. The van der Waals surface area contributed by atoms with Crippen LogP contribution in [0.3, 0.4) is 0 Å². The number of aromatic hydroxyl groups is 1. The summed E-state index contributed by atoms with van der Waals surface area (Å²) in [6.07, 6.45) is 5.53. The summed E-state index contributed by atoms with van der Waals surface area (Å²) in [7, 11) is 0. The average molecular weight is 622 g/mol. The number of fused-ring (bicyclic) bond motifs is 1. The smallest absolute Gasteiger partial charge is 0.412 e. The molecule has 0 saturated heterocycles. The number of benzene rings is 3. The average Bonchev–Trinajstić information content (AvgIpc) is 3.02. The van der Waals surface area contributed by atoms with Crippen LogP contribution < -0.4 is 20.5 Å². The van der Waals surface area contributed by atoms with Crippen LogP contribution in [0.4, 0.5) is 10.5 Å². The third-order valence-electron chi connectivity index (χ3n) is 7.51. The molecule has 0 fully saturated rings. The number of aliphatic hydroxyl groups excluding tert-OH is 1. The molecule has 0 radical (unpaired) electrons. The molecule has 0 bridgehead atoms. The third-order valence-corrected chi connectivity index (χ3v) is 7.89. The van der Waals surface area contributed by atoms with E-state index < -0.39 is 12.2 Å². The van der Waals surface area contributed by atoms with Crippen molar-refractivity contribution in [2.75, 3.05) is 24.6 Å². The Morgan fingerprint density at radius 1 is 0.909 bits per heavy atom. The maximum atomic E-state index is 12.0. The van der Waals surface area contributed by atoms with Gasteiger partial charge < -0.3 is 30.4 Å². The fourth-order valence-electron chi connectivity index (χ4n) is 5.16. The van der Waals surface area contributed by atoms with Gasteiger partial charge in [-0.05, 0) is 54.8 Å². The molecule has 0 unspecified atom stereocenters. The zero-order valence-corrected chi connectivity index (χ0v) is 25.4. The first kappa shape index (κ1) is 32.9. The lowest BCUT2D eigenvalue weighted by atomic mass is 10.0. The Morgan fingerprint density at radius 3 is 2.39 bits per heavy atom. The number of carbonyl (C=O) groups is 1. The highest BCUT2D eigenvalue weighted by Gasteiger charge is 2.20. The van der Waals surface area contributed by atoms with Gasteiger partial charge in [-0.3, -0.25) is 9.69 Å². The van der Waals surface area contributed by atoms with Crippen molar-refractivity contribution in [1.29, 1.82) is 0 Å². The maximum absolute atomic E-state index is 12.0. The molecule has 4 rings (SSSR count). The molecule has 3 aromatic carbocycles. The van der Waals surface area contributed by atoms with Gasteiger partial charge in [-0.15, -0.1) is 0 Å². The highest BCUT2D eigenvalue weighted by Crippen LogP contribution is 2.35. The number of carboxylic acid groups (broad SMARTS) is 1. The molecule has 4 aromatic rings. The standard InChI is InChI=1S/C34H40ClN3O6/c35-32-27(38(34(42)43)23-24-12-7-6-8-13-24)14-11-15-30(32)44-21-10-5-3-1-2-4-9-20-36-22-29(40)25-16-18-28(39)33-26(25)17-19-31(41)37-33/h6-8,11-19,29,36,39-40H,1-5,9-10,20-23H2,(H,37,41)(H,42,43)/t29-/m1/s1. The zero-order valence-electron chi connectivity index (χ0n) is 24.7. The molecule has 234 valence electrons. The van der Waals surface area contributed by atoms with Gasteiger partial charge in [0.25, 0.3) is 0 Å². The zero-order chi connectivity index (χ0) is 31.3. The van der Waals surface area contributed by atoms with E-state index in [4.69, 9.17) is 16.3 Å². The van der Waals surface area contributed by atoms with Gasteiger partial charge >= 0.3 is 6.09 Å². The Morgan fingerprint density at radius 2 is 1.64 bits per heavy atom. The van der Waals surface area contributed by atoms with E-state index in [0.717, 1.165) is 57.1 Å². The number of aliphatic hydroxyl groups is 1. The lowest BCUT2D eigenvalue weighted by molar-refractivity contribution is 0.176. The molecule has 5 N–H and O–H groups in total. The summed E-state index contributed by atoms with van der Waals surface area (Å²) >= 11 is 6.56. The van der Waals surface area contributed by atoms with E-state index in [1.165, 1.54) is 17.0 Å². The molecule has 1 amide bonds. The van der Waals surface area contributed by atoms with Crippen molar-refractivity contribution in [1.82, 2.24) is 10.3 Å².